The third-order valence-electron chi connectivity index (χ3n) is 4.45. The molecular formula is C18H24N2O3. The predicted octanol–water partition coefficient (Wildman–Crippen LogP) is 2.25. The van der Waals surface area contributed by atoms with Crippen LogP contribution in [0.5, 0.6) is 0 Å². The molecular weight excluding hydrogens is 292 g/mol. The highest BCUT2D eigenvalue weighted by Crippen LogP contribution is 2.33. The normalized spacial score (nSPS) is 14.5. The quantitative estimate of drug-likeness (QED) is 0.830. The number of fused-ring (bicyclic) bond motifs is 3. The lowest BCUT2D eigenvalue weighted by atomic mass is 10.1. The van der Waals surface area contributed by atoms with Gasteiger partial charge in [0, 0.05) is 29.6 Å². The minimum Gasteiger partial charge on any atom is -0.461 e. The molecule has 0 spiro atoms. The summed E-state index contributed by atoms with van der Waals surface area (Å²) in [5.41, 5.74) is 3.01. The summed E-state index contributed by atoms with van der Waals surface area (Å²) in [6, 6.07) is 5.87. The zero-order valence-electron chi connectivity index (χ0n) is 13.6. The van der Waals surface area contributed by atoms with Gasteiger partial charge < -0.3 is 19.7 Å². The summed E-state index contributed by atoms with van der Waals surface area (Å²) >= 11 is 0. The Hall–Kier alpha value is -1.85. The van der Waals surface area contributed by atoms with Crippen molar-refractivity contribution in [2.75, 3.05) is 31.6 Å². The molecule has 1 aromatic carbocycles. The van der Waals surface area contributed by atoms with E-state index in [9.17, 15) is 9.90 Å². The molecule has 1 heterocycles. The van der Waals surface area contributed by atoms with E-state index in [-0.39, 0.29) is 19.1 Å². The standard InChI is InChI=1S/C18H24N2O3/c1-19-12-18(22)20(9-10-21)13-7-8-17-15(11-13)14-5-3-2-4-6-16(14)23-17/h7-8,11,19,21H,2-6,9-10,12H2,1H3. The van der Waals surface area contributed by atoms with Gasteiger partial charge in [-0.3, -0.25) is 4.79 Å². The van der Waals surface area contributed by atoms with E-state index in [4.69, 9.17) is 4.42 Å². The topological polar surface area (TPSA) is 65.7 Å². The Morgan fingerprint density at radius 2 is 2.13 bits per heavy atom. The van der Waals surface area contributed by atoms with Gasteiger partial charge in [-0.05, 0) is 44.5 Å². The Morgan fingerprint density at radius 3 is 2.91 bits per heavy atom. The van der Waals surface area contributed by atoms with E-state index in [1.54, 1.807) is 11.9 Å². The fourth-order valence-corrected chi connectivity index (χ4v) is 3.34. The van der Waals surface area contributed by atoms with Crippen LogP contribution >= 0.6 is 0 Å². The second-order valence-electron chi connectivity index (χ2n) is 6.04. The molecule has 0 saturated heterocycles. The molecule has 1 amide bonds. The van der Waals surface area contributed by atoms with Crippen molar-refractivity contribution in [2.45, 2.75) is 32.1 Å². The van der Waals surface area contributed by atoms with Crippen LogP contribution in [0.2, 0.25) is 0 Å². The molecule has 0 bridgehead atoms. The first kappa shape index (κ1) is 16.0. The number of nitrogens with zero attached hydrogens (tertiary/aromatic N) is 1. The lowest BCUT2D eigenvalue weighted by Gasteiger charge is -2.22. The van der Waals surface area contributed by atoms with Gasteiger partial charge in [-0.2, -0.15) is 0 Å². The van der Waals surface area contributed by atoms with Gasteiger partial charge in [0.05, 0.1) is 13.2 Å². The van der Waals surface area contributed by atoms with E-state index in [0.717, 1.165) is 35.3 Å². The van der Waals surface area contributed by atoms with Crippen molar-refractivity contribution in [2.24, 2.45) is 0 Å². The number of nitrogens with one attached hydrogen (secondary N) is 1. The number of aliphatic hydroxyl groups excluding tert-OH is 1. The van der Waals surface area contributed by atoms with Gasteiger partial charge in [0.25, 0.3) is 0 Å². The molecule has 0 fully saturated rings. The monoisotopic (exact) mass is 316 g/mol. The van der Waals surface area contributed by atoms with Gasteiger partial charge in [-0.15, -0.1) is 0 Å². The molecule has 0 aliphatic heterocycles. The summed E-state index contributed by atoms with van der Waals surface area (Å²) in [4.78, 5) is 13.9. The largest absolute Gasteiger partial charge is 0.461 e. The average molecular weight is 316 g/mol. The van der Waals surface area contributed by atoms with Gasteiger partial charge >= 0.3 is 0 Å². The van der Waals surface area contributed by atoms with Crippen LogP contribution < -0.4 is 10.2 Å². The summed E-state index contributed by atoms with van der Waals surface area (Å²) in [6.45, 7) is 0.491. The van der Waals surface area contributed by atoms with Crippen LogP contribution in [0.15, 0.2) is 22.6 Å². The van der Waals surface area contributed by atoms with Crippen LogP contribution in [-0.4, -0.2) is 37.8 Å². The second-order valence-corrected chi connectivity index (χ2v) is 6.04. The second kappa shape index (κ2) is 7.15. The molecule has 2 N–H and O–H groups in total. The maximum absolute atomic E-state index is 12.3. The Kier molecular flexibility index (Phi) is 4.98. The number of carbonyl (C=O) groups is 1. The Morgan fingerprint density at radius 1 is 1.30 bits per heavy atom. The highest BCUT2D eigenvalue weighted by Gasteiger charge is 2.20. The van der Waals surface area contributed by atoms with Crippen molar-refractivity contribution < 1.29 is 14.3 Å². The van der Waals surface area contributed by atoms with E-state index in [1.807, 2.05) is 18.2 Å². The van der Waals surface area contributed by atoms with Crippen molar-refractivity contribution >= 4 is 22.6 Å². The molecule has 1 aromatic heterocycles. The molecule has 2 aromatic rings. The number of carbonyl (C=O) groups excluding carboxylic acids is 1. The van der Waals surface area contributed by atoms with Gasteiger partial charge in [0.2, 0.25) is 5.91 Å². The van der Waals surface area contributed by atoms with Gasteiger partial charge in [-0.25, -0.2) is 0 Å². The summed E-state index contributed by atoms with van der Waals surface area (Å²) in [6.07, 6.45) is 5.64. The summed E-state index contributed by atoms with van der Waals surface area (Å²) in [5, 5.41) is 13.3. The summed E-state index contributed by atoms with van der Waals surface area (Å²) < 4.78 is 6.01. The first-order valence-electron chi connectivity index (χ1n) is 8.34. The number of likely N-dealkylation sites (N-methyl/N-ethyl adjacent to an activating group) is 1. The smallest absolute Gasteiger partial charge is 0.241 e. The molecule has 0 atom stereocenters. The summed E-state index contributed by atoms with van der Waals surface area (Å²) in [5.74, 6) is 1.06. The van der Waals surface area contributed by atoms with Gasteiger partial charge in [-0.1, -0.05) is 6.42 Å². The SMILES string of the molecule is CNCC(=O)N(CCO)c1ccc2oc3c(c2c1)CCCCC3. The maximum atomic E-state index is 12.3. The highest BCUT2D eigenvalue weighted by molar-refractivity contribution is 5.97. The van der Waals surface area contributed by atoms with Crippen molar-refractivity contribution in [1.29, 1.82) is 0 Å². The maximum Gasteiger partial charge on any atom is 0.241 e. The van der Waals surface area contributed by atoms with Gasteiger partial charge in [0.1, 0.15) is 11.3 Å². The molecule has 1 aliphatic rings. The van der Waals surface area contributed by atoms with E-state index in [2.05, 4.69) is 5.32 Å². The lowest BCUT2D eigenvalue weighted by Crippen LogP contribution is -2.39. The van der Waals surface area contributed by atoms with Crippen molar-refractivity contribution in [3.8, 4) is 0 Å². The summed E-state index contributed by atoms with van der Waals surface area (Å²) in [7, 11) is 1.74. The van der Waals surface area contributed by atoms with Crippen molar-refractivity contribution in [1.82, 2.24) is 5.32 Å². The number of hydrogen-bond acceptors (Lipinski definition) is 4. The van der Waals surface area contributed by atoms with Gasteiger partial charge in [0.15, 0.2) is 0 Å². The molecule has 5 nitrogen and oxygen atoms in total. The zero-order chi connectivity index (χ0) is 16.2. The van der Waals surface area contributed by atoms with Crippen molar-refractivity contribution in [3.05, 3.63) is 29.5 Å². The molecule has 0 radical (unpaired) electrons. The van der Waals surface area contributed by atoms with E-state index >= 15 is 0 Å². The number of amides is 1. The van der Waals surface area contributed by atoms with E-state index < -0.39 is 0 Å². The van der Waals surface area contributed by atoms with Crippen LogP contribution in [-0.2, 0) is 17.6 Å². The first-order valence-corrected chi connectivity index (χ1v) is 8.34. The zero-order valence-corrected chi connectivity index (χ0v) is 13.6. The fourth-order valence-electron chi connectivity index (χ4n) is 3.34. The molecule has 23 heavy (non-hydrogen) atoms. The Balaban J connectivity index is 2.00. The Bertz CT molecular complexity index is 693. The third kappa shape index (κ3) is 3.26. The first-order chi connectivity index (χ1) is 11.2. The molecule has 5 heteroatoms. The van der Waals surface area contributed by atoms with Crippen LogP contribution in [0.25, 0.3) is 11.0 Å². The predicted molar refractivity (Wildman–Crippen MR) is 90.8 cm³/mol. The fraction of sp³-hybridized carbons (Fsp3) is 0.500. The van der Waals surface area contributed by atoms with Crippen LogP contribution in [0.3, 0.4) is 0 Å². The van der Waals surface area contributed by atoms with Crippen molar-refractivity contribution in [3.63, 3.8) is 0 Å². The van der Waals surface area contributed by atoms with E-state index in [1.165, 1.54) is 24.8 Å². The molecule has 1 aliphatic carbocycles. The van der Waals surface area contributed by atoms with Crippen LogP contribution in [0.1, 0.15) is 30.6 Å². The minimum absolute atomic E-state index is 0.0458. The number of aliphatic hydroxyl groups is 1. The minimum atomic E-state index is -0.0585. The van der Waals surface area contributed by atoms with E-state index in [0.29, 0.717) is 6.54 Å². The average Bonchev–Trinajstić information content (AvgIpc) is 2.73. The molecule has 0 unspecified atom stereocenters. The molecule has 3 rings (SSSR count). The highest BCUT2D eigenvalue weighted by atomic mass is 16.3. The number of furan rings is 1. The molecule has 0 saturated carbocycles. The Labute approximate surface area is 136 Å². The third-order valence-corrected chi connectivity index (χ3v) is 4.45. The lowest BCUT2D eigenvalue weighted by molar-refractivity contribution is -0.117. The number of rotatable bonds is 5. The van der Waals surface area contributed by atoms with Crippen LogP contribution in [0, 0.1) is 0 Å². The molecule has 124 valence electrons. The number of anilines is 1. The number of hydrogen-bond donors (Lipinski definition) is 2. The van der Waals surface area contributed by atoms with Crippen LogP contribution in [0.4, 0.5) is 5.69 Å². The number of aryl methyl sites for hydroxylation is 2. The number of benzene rings is 1.